The molecule has 2 aliphatic heterocycles. The standard InChI is InChI=1S/C22H31N3O5/c1-4-6-20(26)23-16-7-5-10-24(14-16)22(28)15-11-21(27)25(13-15)17-8-9-18(29-2)19(12-17)30-3/h8-9,12,15-16H,4-7,10-11,13-14H2,1-3H3,(H,23,26). The highest BCUT2D eigenvalue weighted by Crippen LogP contribution is 2.34. The first-order valence-electron chi connectivity index (χ1n) is 10.6. The lowest BCUT2D eigenvalue weighted by Gasteiger charge is -2.34. The van der Waals surface area contributed by atoms with Crippen molar-refractivity contribution in [1.29, 1.82) is 0 Å². The SMILES string of the molecule is CCCC(=O)NC1CCCN(C(=O)C2CC(=O)N(c3ccc(OC)c(OC)c3)C2)C1. The molecule has 164 valence electrons. The largest absolute Gasteiger partial charge is 0.493 e. The van der Waals surface area contributed by atoms with E-state index >= 15 is 0 Å². The Morgan fingerprint density at radius 2 is 1.93 bits per heavy atom. The number of benzene rings is 1. The lowest BCUT2D eigenvalue weighted by atomic mass is 10.0. The van der Waals surface area contributed by atoms with Crippen LogP contribution in [0.1, 0.15) is 39.0 Å². The molecule has 3 amide bonds. The third-order valence-corrected chi connectivity index (χ3v) is 5.73. The van der Waals surface area contributed by atoms with Crippen LogP contribution in [0.2, 0.25) is 0 Å². The quantitative estimate of drug-likeness (QED) is 0.733. The second-order valence-electron chi connectivity index (χ2n) is 7.89. The summed E-state index contributed by atoms with van der Waals surface area (Å²) in [5.41, 5.74) is 0.691. The molecule has 2 unspecified atom stereocenters. The van der Waals surface area contributed by atoms with Crippen LogP contribution in [0.3, 0.4) is 0 Å². The number of carbonyl (C=O) groups is 3. The Morgan fingerprint density at radius 1 is 1.17 bits per heavy atom. The molecule has 3 rings (SSSR count). The van der Waals surface area contributed by atoms with Crippen LogP contribution in [0.25, 0.3) is 0 Å². The first-order chi connectivity index (χ1) is 14.5. The molecule has 0 aromatic heterocycles. The number of hydrogen-bond donors (Lipinski definition) is 1. The minimum absolute atomic E-state index is 0.0131. The lowest BCUT2D eigenvalue weighted by molar-refractivity contribution is -0.137. The van der Waals surface area contributed by atoms with Gasteiger partial charge in [-0.15, -0.1) is 0 Å². The van der Waals surface area contributed by atoms with Crippen LogP contribution < -0.4 is 19.7 Å². The second kappa shape index (κ2) is 9.82. The zero-order valence-corrected chi connectivity index (χ0v) is 18.0. The van der Waals surface area contributed by atoms with E-state index in [2.05, 4.69) is 5.32 Å². The minimum atomic E-state index is -0.379. The average Bonchev–Trinajstić information content (AvgIpc) is 3.14. The number of methoxy groups -OCH3 is 2. The topological polar surface area (TPSA) is 88.2 Å². The Morgan fingerprint density at radius 3 is 2.63 bits per heavy atom. The fraction of sp³-hybridized carbons (Fsp3) is 0.591. The number of ether oxygens (including phenoxy) is 2. The summed E-state index contributed by atoms with van der Waals surface area (Å²) >= 11 is 0. The van der Waals surface area contributed by atoms with Crippen molar-refractivity contribution < 1.29 is 23.9 Å². The molecular formula is C22H31N3O5. The molecule has 30 heavy (non-hydrogen) atoms. The van der Waals surface area contributed by atoms with Crippen molar-refractivity contribution in [2.75, 3.05) is 38.8 Å². The number of hydrogen-bond acceptors (Lipinski definition) is 5. The molecule has 0 radical (unpaired) electrons. The van der Waals surface area contributed by atoms with E-state index in [1.165, 1.54) is 0 Å². The number of piperidine rings is 1. The Balaban J connectivity index is 1.64. The highest BCUT2D eigenvalue weighted by atomic mass is 16.5. The van der Waals surface area contributed by atoms with Gasteiger partial charge in [-0.25, -0.2) is 0 Å². The molecule has 2 saturated heterocycles. The van der Waals surface area contributed by atoms with Gasteiger partial charge in [-0.1, -0.05) is 6.92 Å². The van der Waals surface area contributed by atoms with E-state index < -0.39 is 0 Å². The first kappa shape index (κ1) is 21.9. The van der Waals surface area contributed by atoms with Crippen LogP contribution in [0, 0.1) is 5.92 Å². The summed E-state index contributed by atoms with van der Waals surface area (Å²) in [5.74, 6) is 0.693. The van der Waals surface area contributed by atoms with Gasteiger partial charge in [0.05, 0.1) is 20.1 Å². The molecule has 2 fully saturated rings. The molecular weight excluding hydrogens is 386 g/mol. The molecule has 0 bridgehead atoms. The zero-order chi connectivity index (χ0) is 21.7. The fourth-order valence-corrected chi connectivity index (χ4v) is 4.20. The molecule has 2 aliphatic rings. The number of anilines is 1. The summed E-state index contributed by atoms with van der Waals surface area (Å²) in [5, 5.41) is 3.03. The predicted molar refractivity (Wildman–Crippen MR) is 113 cm³/mol. The number of rotatable bonds is 7. The summed E-state index contributed by atoms with van der Waals surface area (Å²) in [7, 11) is 3.11. The van der Waals surface area contributed by atoms with E-state index in [9.17, 15) is 14.4 Å². The van der Waals surface area contributed by atoms with E-state index in [1.807, 2.05) is 6.92 Å². The molecule has 8 heteroatoms. The molecule has 1 aromatic carbocycles. The average molecular weight is 418 g/mol. The summed E-state index contributed by atoms with van der Waals surface area (Å²) < 4.78 is 10.6. The van der Waals surface area contributed by atoms with E-state index in [0.29, 0.717) is 43.2 Å². The third kappa shape index (κ3) is 4.86. The maximum atomic E-state index is 13.1. The molecule has 0 spiro atoms. The fourth-order valence-electron chi connectivity index (χ4n) is 4.20. The summed E-state index contributed by atoms with van der Waals surface area (Å²) in [6.07, 6.45) is 3.22. The predicted octanol–water partition coefficient (Wildman–Crippen LogP) is 1.96. The molecule has 2 atom stereocenters. The molecule has 2 heterocycles. The molecule has 1 N–H and O–H groups in total. The van der Waals surface area contributed by atoms with E-state index in [4.69, 9.17) is 9.47 Å². The van der Waals surface area contributed by atoms with E-state index in [0.717, 1.165) is 19.3 Å². The molecule has 0 aliphatic carbocycles. The van der Waals surface area contributed by atoms with E-state index in [-0.39, 0.29) is 36.1 Å². The number of amides is 3. The molecule has 0 saturated carbocycles. The van der Waals surface area contributed by atoms with Gasteiger partial charge in [-0.2, -0.15) is 0 Å². The van der Waals surface area contributed by atoms with Gasteiger partial charge in [-0.05, 0) is 31.4 Å². The van der Waals surface area contributed by atoms with Gasteiger partial charge in [0.25, 0.3) is 0 Å². The van der Waals surface area contributed by atoms with Gasteiger partial charge in [0.2, 0.25) is 17.7 Å². The van der Waals surface area contributed by atoms with Crippen LogP contribution in [-0.4, -0.2) is 62.5 Å². The van der Waals surface area contributed by atoms with Gasteiger partial charge >= 0.3 is 0 Å². The van der Waals surface area contributed by atoms with Crippen LogP contribution in [0.5, 0.6) is 11.5 Å². The Kier molecular flexibility index (Phi) is 7.18. The summed E-state index contributed by atoms with van der Waals surface area (Å²) in [4.78, 5) is 41.1. The van der Waals surface area contributed by atoms with Gasteiger partial charge < -0.3 is 24.6 Å². The van der Waals surface area contributed by atoms with Crippen LogP contribution in [0.15, 0.2) is 18.2 Å². The maximum Gasteiger partial charge on any atom is 0.228 e. The maximum absolute atomic E-state index is 13.1. The minimum Gasteiger partial charge on any atom is -0.493 e. The van der Waals surface area contributed by atoms with Crippen LogP contribution in [-0.2, 0) is 14.4 Å². The Labute approximate surface area is 177 Å². The van der Waals surface area contributed by atoms with Gasteiger partial charge in [0.1, 0.15) is 0 Å². The molecule has 1 aromatic rings. The highest BCUT2D eigenvalue weighted by Gasteiger charge is 2.38. The monoisotopic (exact) mass is 417 g/mol. The number of likely N-dealkylation sites (tertiary alicyclic amines) is 1. The van der Waals surface area contributed by atoms with Gasteiger partial charge in [0.15, 0.2) is 11.5 Å². The van der Waals surface area contributed by atoms with Crippen LogP contribution in [0.4, 0.5) is 5.69 Å². The third-order valence-electron chi connectivity index (χ3n) is 5.73. The van der Waals surface area contributed by atoms with Crippen molar-refractivity contribution in [1.82, 2.24) is 10.2 Å². The lowest BCUT2D eigenvalue weighted by Crippen LogP contribution is -2.51. The number of nitrogens with one attached hydrogen (secondary N) is 1. The highest BCUT2D eigenvalue weighted by molar-refractivity contribution is 6.00. The van der Waals surface area contributed by atoms with Crippen LogP contribution >= 0.6 is 0 Å². The normalized spacial score (nSPS) is 21.5. The van der Waals surface area contributed by atoms with E-state index in [1.54, 1.807) is 42.2 Å². The van der Waals surface area contributed by atoms with Gasteiger partial charge in [-0.3, -0.25) is 14.4 Å². The molecule has 8 nitrogen and oxygen atoms in total. The summed E-state index contributed by atoms with van der Waals surface area (Å²) in [6, 6.07) is 5.29. The Bertz CT molecular complexity index is 797. The summed E-state index contributed by atoms with van der Waals surface area (Å²) in [6.45, 7) is 3.49. The van der Waals surface area contributed by atoms with Crippen molar-refractivity contribution in [2.24, 2.45) is 5.92 Å². The number of nitrogens with zero attached hydrogens (tertiary/aromatic N) is 2. The first-order valence-corrected chi connectivity index (χ1v) is 10.6. The zero-order valence-electron chi connectivity index (χ0n) is 18.0. The van der Waals surface area contributed by atoms with Gasteiger partial charge in [0, 0.05) is 50.3 Å². The van der Waals surface area contributed by atoms with Crippen molar-refractivity contribution in [3.05, 3.63) is 18.2 Å². The van der Waals surface area contributed by atoms with Crippen molar-refractivity contribution >= 4 is 23.4 Å². The second-order valence-corrected chi connectivity index (χ2v) is 7.89. The Hall–Kier alpha value is -2.77. The van der Waals surface area contributed by atoms with Crippen molar-refractivity contribution in [3.63, 3.8) is 0 Å². The smallest absolute Gasteiger partial charge is 0.228 e. The van der Waals surface area contributed by atoms with Crippen molar-refractivity contribution in [2.45, 2.75) is 45.1 Å². The van der Waals surface area contributed by atoms with Crippen molar-refractivity contribution in [3.8, 4) is 11.5 Å². The number of carbonyl (C=O) groups excluding carboxylic acids is 3.